The average molecular weight is 394 g/mol. The molecule has 1 saturated heterocycles. The van der Waals surface area contributed by atoms with Crippen LogP contribution < -0.4 is 4.90 Å². The number of sulfonamides is 1. The first kappa shape index (κ1) is 17.8. The number of likely N-dealkylation sites (N-methyl/N-ethyl adjacent to an activating group) is 1. The van der Waals surface area contributed by atoms with Gasteiger partial charge >= 0.3 is 0 Å². The number of pyridine rings is 1. The van der Waals surface area contributed by atoms with E-state index in [-0.39, 0.29) is 18.1 Å². The lowest BCUT2D eigenvalue weighted by atomic mass is 10.1. The number of aromatic nitrogens is 2. The lowest BCUT2D eigenvalue weighted by Crippen LogP contribution is -2.52. The molecular weight excluding hydrogens is 370 g/mol. The van der Waals surface area contributed by atoms with Gasteiger partial charge in [-0.3, -0.25) is 4.90 Å². The van der Waals surface area contributed by atoms with Crippen molar-refractivity contribution in [1.82, 2.24) is 19.2 Å². The van der Waals surface area contributed by atoms with Gasteiger partial charge < -0.3 is 4.90 Å². The maximum atomic E-state index is 13.4. The standard InChI is InChI=1S/C17H23N5O2S2/c1-12(2)22-14-10-21(11-16-18-7-8-25-16)9-13(14)20(3)17-15(26(22,23)24)5-4-6-19-17/h4-8,12-14H,9-11H2,1-3H3/t13-,14+/m0/s1. The number of nitrogens with zero attached hydrogens (tertiary/aromatic N) is 5. The minimum Gasteiger partial charge on any atom is -0.353 e. The van der Waals surface area contributed by atoms with Gasteiger partial charge in [-0.15, -0.1) is 11.3 Å². The third kappa shape index (κ3) is 2.83. The van der Waals surface area contributed by atoms with Crippen LogP contribution in [0.1, 0.15) is 18.9 Å². The second-order valence-electron chi connectivity index (χ2n) is 7.12. The summed E-state index contributed by atoms with van der Waals surface area (Å²) in [4.78, 5) is 13.4. The van der Waals surface area contributed by atoms with Crippen molar-refractivity contribution in [1.29, 1.82) is 0 Å². The summed E-state index contributed by atoms with van der Waals surface area (Å²) in [5, 5.41) is 3.03. The van der Waals surface area contributed by atoms with E-state index in [2.05, 4.69) is 14.9 Å². The highest BCUT2D eigenvalue weighted by molar-refractivity contribution is 7.89. The molecule has 1 fully saturated rings. The molecule has 140 valence electrons. The largest absolute Gasteiger partial charge is 0.353 e. The topological polar surface area (TPSA) is 69.6 Å². The van der Waals surface area contributed by atoms with E-state index in [0.29, 0.717) is 17.3 Å². The maximum absolute atomic E-state index is 13.4. The number of fused-ring (bicyclic) bond motifs is 2. The molecule has 0 unspecified atom stereocenters. The highest BCUT2D eigenvalue weighted by Crippen LogP contribution is 2.37. The van der Waals surface area contributed by atoms with Gasteiger partial charge in [0.15, 0.2) is 0 Å². The monoisotopic (exact) mass is 393 g/mol. The fourth-order valence-corrected chi connectivity index (χ4v) is 6.77. The zero-order chi connectivity index (χ0) is 18.5. The quantitative estimate of drug-likeness (QED) is 0.790. The van der Waals surface area contributed by atoms with E-state index in [0.717, 1.165) is 18.1 Å². The van der Waals surface area contributed by atoms with Crippen LogP contribution in [0.15, 0.2) is 34.8 Å². The van der Waals surface area contributed by atoms with Gasteiger partial charge in [0.25, 0.3) is 0 Å². The zero-order valence-corrected chi connectivity index (χ0v) is 16.7. The molecule has 0 radical (unpaired) electrons. The molecule has 2 aliphatic rings. The molecule has 7 nitrogen and oxygen atoms in total. The molecule has 2 aromatic heterocycles. The van der Waals surface area contributed by atoms with Gasteiger partial charge in [-0.05, 0) is 26.0 Å². The van der Waals surface area contributed by atoms with Gasteiger partial charge in [0.1, 0.15) is 15.7 Å². The fourth-order valence-electron chi connectivity index (χ4n) is 4.09. The summed E-state index contributed by atoms with van der Waals surface area (Å²) >= 11 is 1.63. The number of hydrogen-bond donors (Lipinski definition) is 0. The second-order valence-corrected chi connectivity index (χ2v) is 9.91. The third-order valence-corrected chi connectivity index (χ3v) is 8.04. The number of thiazole rings is 1. The van der Waals surface area contributed by atoms with Crippen LogP contribution in [0.3, 0.4) is 0 Å². The van der Waals surface area contributed by atoms with Crippen molar-refractivity contribution in [3.63, 3.8) is 0 Å². The molecular formula is C17H23N5O2S2. The molecule has 26 heavy (non-hydrogen) atoms. The molecule has 4 rings (SSSR count). The van der Waals surface area contributed by atoms with Crippen LogP contribution >= 0.6 is 11.3 Å². The zero-order valence-electron chi connectivity index (χ0n) is 15.1. The highest BCUT2D eigenvalue weighted by atomic mass is 32.2. The summed E-state index contributed by atoms with van der Waals surface area (Å²) in [5.41, 5.74) is 0. The Balaban J connectivity index is 1.75. The number of hydrogen-bond acceptors (Lipinski definition) is 7. The van der Waals surface area contributed by atoms with Crippen LogP contribution in [0.2, 0.25) is 0 Å². The lowest BCUT2D eigenvalue weighted by molar-refractivity contribution is 0.249. The Morgan fingerprint density at radius 1 is 1.23 bits per heavy atom. The van der Waals surface area contributed by atoms with Crippen molar-refractivity contribution < 1.29 is 8.42 Å². The van der Waals surface area contributed by atoms with Crippen LogP contribution in [0, 0.1) is 0 Å². The molecule has 0 aromatic carbocycles. The molecule has 2 atom stereocenters. The van der Waals surface area contributed by atoms with Gasteiger partial charge in [0, 0.05) is 44.0 Å². The fraction of sp³-hybridized carbons (Fsp3) is 0.529. The molecule has 0 saturated carbocycles. The summed E-state index contributed by atoms with van der Waals surface area (Å²) in [6.45, 7) is 6.12. The average Bonchev–Trinajstić information content (AvgIpc) is 3.23. The number of anilines is 1. The second kappa shape index (κ2) is 6.56. The molecule has 4 heterocycles. The Kier molecular flexibility index (Phi) is 4.50. The predicted octanol–water partition coefficient (Wildman–Crippen LogP) is 1.64. The van der Waals surface area contributed by atoms with E-state index in [1.54, 1.807) is 34.0 Å². The van der Waals surface area contributed by atoms with E-state index in [4.69, 9.17) is 0 Å². The van der Waals surface area contributed by atoms with E-state index >= 15 is 0 Å². The first-order valence-electron chi connectivity index (χ1n) is 8.71. The third-order valence-electron chi connectivity index (χ3n) is 5.15. The molecule has 0 bridgehead atoms. The Morgan fingerprint density at radius 3 is 2.69 bits per heavy atom. The molecule has 0 amide bonds. The van der Waals surface area contributed by atoms with E-state index in [9.17, 15) is 8.42 Å². The summed E-state index contributed by atoms with van der Waals surface area (Å²) in [7, 11) is -1.65. The van der Waals surface area contributed by atoms with Crippen molar-refractivity contribution in [2.24, 2.45) is 0 Å². The van der Waals surface area contributed by atoms with Crippen molar-refractivity contribution in [2.45, 2.75) is 43.4 Å². The number of likely N-dealkylation sites (tertiary alicyclic amines) is 1. The Labute approximate surface area is 158 Å². The van der Waals surface area contributed by atoms with Crippen LogP contribution in [-0.4, -0.2) is 65.9 Å². The molecule has 0 spiro atoms. The van der Waals surface area contributed by atoms with Gasteiger partial charge in [-0.2, -0.15) is 4.31 Å². The summed E-state index contributed by atoms with van der Waals surface area (Å²) in [5.74, 6) is 0.543. The van der Waals surface area contributed by atoms with E-state index in [1.165, 1.54) is 0 Å². The summed E-state index contributed by atoms with van der Waals surface area (Å²) in [6, 6.07) is 3.19. The molecule has 2 aliphatic heterocycles. The van der Waals surface area contributed by atoms with Gasteiger partial charge in [-0.1, -0.05) is 0 Å². The van der Waals surface area contributed by atoms with Crippen LogP contribution in [0.4, 0.5) is 5.82 Å². The minimum atomic E-state index is -3.60. The first-order valence-corrected chi connectivity index (χ1v) is 11.0. The molecule has 9 heteroatoms. The summed E-state index contributed by atoms with van der Waals surface area (Å²) in [6.07, 6.45) is 3.47. The van der Waals surface area contributed by atoms with Crippen molar-refractivity contribution in [2.75, 3.05) is 25.0 Å². The SMILES string of the molecule is CC(C)N1[C@@H]2CN(Cc3nccs3)C[C@@H]2N(C)c2ncccc2S1(=O)=O. The van der Waals surface area contributed by atoms with Crippen LogP contribution in [0.5, 0.6) is 0 Å². The van der Waals surface area contributed by atoms with Gasteiger partial charge in [-0.25, -0.2) is 18.4 Å². The van der Waals surface area contributed by atoms with Gasteiger partial charge in [0.05, 0.1) is 18.6 Å². The smallest absolute Gasteiger partial charge is 0.247 e. The Morgan fingerprint density at radius 2 is 2.00 bits per heavy atom. The Hall–Kier alpha value is -1.55. The highest BCUT2D eigenvalue weighted by Gasteiger charge is 2.49. The first-order chi connectivity index (χ1) is 12.4. The van der Waals surface area contributed by atoms with Crippen LogP contribution in [0.25, 0.3) is 0 Å². The normalized spacial score (nSPS) is 25.9. The van der Waals surface area contributed by atoms with Crippen molar-refractivity contribution in [3.05, 3.63) is 34.9 Å². The molecule has 2 aromatic rings. The van der Waals surface area contributed by atoms with Crippen molar-refractivity contribution in [3.8, 4) is 0 Å². The Bertz CT molecular complexity index is 884. The predicted molar refractivity (Wildman–Crippen MR) is 102 cm³/mol. The summed E-state index contributed by atoms with van der Waals surface area (Å²) < 4.78 is 28.5. The van der Waals surface area contributed by atoms with E-state index in [1.807, 2.05) is 37.4 Å². The van der Waals surface area contributed by atoms with E-state index < -0.39 is 10.0 Å². The number of rotatable bonds is 3. The maximum Gasteiger partial charge on any atom is 0.247 e. The van der Waals surface area contributed by atoms with Crippen LogP contribution in [-0.2, 0) is 16.6 Å². The molecule has 0 N–H and O–H groups in total. The molecule has 0 aliphatic carbocycles. The van der Waals surface area contributed by atoms with Gasteiger partial charge in [0.2, 0.25) is 10.0 Å². The lowest BCUT2D eigenvalue weighted by Gasteiger charge is -2.34. The van der Waals surface area contributed by atoms with Crippen molar-refractivity contribution >= 4 is 27.2 Å². The minimum absolute atomic E-state index is 0.0586.